The molecule has 0 fully saturated rings. The summed E-state index contributed by atoms with van der Waals surface area (Å²) in [5.41, 5.74) is 1.00. The van der Waals surface area contributed by atoms with E-state index in [1.165, 1.54) is 4.90 Å². The SMILES string of the molecule is CCSC(=S)NCCCN1C(=O)c2ccccc2C1=O. The van der Waals surface area contributed by atoms with E-state index in [0.29, 0.717) is 30.6 Å². The van der Waals surface area contributed by atoms with Gasteiger partial charge in [0.2, 0.25) is 0 Å². The predicted molar refractivity (Wildman–Crippen MR) is 85.2 cm³/mol. The summed E-state index contributed by atoms with van der Waals surface area (Å²) in [5, 5.41) is 3.10. The van der Waals surface area contributed by atoms with Gasteiger partial charge in [0.05, 0.1) is 11.1 Å². The van der Waals surface area contributed by atoms with Crippen LogP contribution in [0.5, 0.6) is 0 Å². The molecule has 0 saturated heterocycles. The number of nitrogens with one attached hydrogen (secondary N) is 1. The number of hydrogen-bond acceptors (Lipinski definition) is 4. The Labute approximate surface area is 127 Å². The first-order valence-electron chi connectivity index (χ1n) is 6.51. The summed E-state index contributed by atoms with van der Waals surface area (Å²) >= 11 is 6.69. The number of hydrogen-bond donors (Lipinski definition) is 1. The molecule has 0 aromatic heterocycles. The zero-order valence-corrected chi connectivity index (χ0v) is 12.9. The fourth-order valence-corrected chi connectivity index (χ4v) is 2.97. The van der Waals surface area contributed by atoms with E-state index >= 15 is 0 Å². The topological polar surface area (TPSA) is 49.4 Å². The van der Waals surface area contributed by atoms with Gasteiger partial charge in [-0.25, -0.2) is 0 Å². The molecule has 2 rings (SSSR count). The number of amides is 2. The van der Waals surface area contributed by atoms with Crippen LogP contribution in [0.25, 0.3) is 0 Å². The lowest BCUT2D eigenvalue weighted by Crippen LogP contribution is -2.33. The molecule has 1 aliphatic rings. The quantitative estimate of drug-likeness (QED) is 0.514. The molecule has 20 heavy (non-hydrogen) atoms. The third-order valence-electron chi connectivity index (χ3n) is 2.98. The van der Waals surface area contributed by atoms with Crippen LogP contribution < -0.4 is 5.32 Å². The van der Waals surface area contributed by atoms with E-state index in [-0.39, 0.29) is 11.8 Å². The van der Waals surface area contributed by atoms with Crippen LogP contribution >= 0.6 is 24.0 Å². The number of benzene rings is 1. The average Bonchev–Trinajstić information content (AvgIpc) is 2.69. The molecule has 1 heterocycles. The normalized spacial score (nSPS) is 13.6. The van der Waals surface area contributed by atoms with Crippen molar-refractivity contribution in [2.45, 2.75) is 13.3 Å². The molecule has 1 aliphatic heterocycles. The zero-order chi connectivity index (χ0) is 14.5. The minimum atomic E-state index is -0.198. The van der Waals surface area contributed by atoms with Crippen LogP contribution in [0.4, 0.5) is 0 Å². The van der Waals surface area contributed by atoms with Crippen LogP contribution in [0, 0.1) is 0 Å². The zero-order valence-electron chi connectivity index (χ0n) is 11.2. The molecule has 0 atom stereocenters. The molecule has 1 aromatic rings. The van der Waals surface area contributed by atoms with E-state index in [9.17, 15) is 9.59 Å². The molecule has 1 N–H and O–H groups in total. The van der Waals surface area contributed by atoms with Crippen LogP contribution in [-0.4, -0.2) is 39.9 Å². The van der Waals surface area contributed by atoms with E-state index in [4.69, 9.17) is 12.2 Å². The smallest absolute Gasteiger partial charge is 0.261 e. The highest BCUT2D eigenvalue weighted by Crippen LogP contribution is 2.22. The molecular weight excluding hydrogens is 292 g/mol. The molecule has 4 nitrogen and oxygen atoms in total. The maximum atomic E-state index is 12.1. The van der Waals surface area contributed by atoms with Gasteiger partial charge in [0.25, 0.3) is 11.8 Å². The maximum Gasteiger partial charge on any atom is 0.261 e. The second-order valence-corrected chi connectivity index (χ2v) is 6.25. The molecule has 0 spiro atoms. The van der Waals surface area contributed by atoms with Crippen LogP contribution in [0.15, 0.2) is 24.3 Å². The van der Waals surface area contributed by atoms with Gasteiger partial charge < -0.3 is 5.32 Å². The number of imide groups is 1. The Kier molecular flexibility index (Phi) is 5.14. The number of rotatable bonds is 5. The molecule has 0 radical (unpaired) electrons. The summed E-state index contributed by atoms with van der Waals surface area (Å²) in [5.74, 6) is 0.539. The summed E-state index contributed by atoms with van der Waals surface area (Å²) in [6, 6.07) is 6.94. The van der Waals surface area contributed by atoms with Crippen molar-refractivity contribution in [3.05, 3.63) is 35.4 Å². The Hall–Kier alpha value is -1.40. The first-order chi connectivity index (χ1) is 9.65. The van der Waals surface area contributed by atoms with E-state index in [1.807, 2.05) is 6.92 Å². The summed E-state index contributed by atoms with van der Waals surface area (Å²) in [6.07, 6.45) is 0.690. The van der Waals surface area contributed by atoms with Crippen molar-refractivity contribution in [3.8, 4) is 0 Å². The Balaban J connectivity index is 1.85. The van der Waals surface area contributed by atoms with Gasteiger partial charge in [0.15, 0.2) is 0 Å². The van der Waals surface area contributed by atoms with Crippen molar-refractivity contribution in [2.24, 2.45) is 0 Å². The monoisotopic (exact) mass is 308 g/mol. The standard InChI is InChI=1S/C14H16N2O2S2/c1-2-20-14(19)15-8-5-9-16-12(17)10-6-3-4-7-11(10)13(16)18/h3-4,6-7H,2,5,8-9H2,1H3,(H,15,19). The van der Waals surface area contributed by atoms with Crippen molar-refractivity contribution < 1.29 is 9.59 Å². The lowest BCUT2D eigenvalue weighted by Gasteiger charge is -2.14. The van der Waals surface area contributed by atoms with Gasteiger partial charge in [-0.05, 0) is 24.3 Å². The fourth-order valence-electron chi connectivity index (χ4n) is 2.05. The first kappa shape index (κ1) is 15.0. The van der Waals surface area contributed by atoms with E-state index in [0.717, 1.165) is 10.1 Å². The summed E-state index contributed by atoms with van der Waals surface area (Å²) in [6.45, 7) is 3.12. The van der Waals surface area contributed by atoms with E-state index < -0.39 is 0 Å². The number of carbonyl (C=O) groups is 2. The molecule has 0 unspecified atom stereocenters. The van der Waals surface area contributed by atoms with Crippen molar-refractivity contribution in [1.29, 1.82) is 0 Å². The number of fused-ring (bicyclic) bond motifs is 1. The summed E-state index contributed by atoms with van der Waals surface area (Å²) in [7, 11) is 0. The van der Waals surface area contributed by atoms with Crippen molar-refractivity contribution in [2.75, 3.05) is 18.8 Å². The van der Waals surface area contributed by atoms with Gasteiger partial charge >= 0.3 is 0 Å². The van der Waals surface area contributed by atoms with Crippen molar-refractivity contribution in [1.82, 2.24) is 10.2 Å². The minimum Gasteiger partial charge on any atom is -0.371 e. The van der Waals surface area contributed by atoms with Gasteiger partial charge in [0.1, 0.15) is 4.32 Å². The molecule has 0 saturated carbocycles. The average molecular weight is 308 g/mol. The molecule has 2 amide bonds. The highest BCUT2D eigenvalue weighted by atomic mass is 32.2. The van der Waals surface area contributed by atoms with Crippen LogP contribution in [0.1, 0.15) is 34.1 Å². The highest BCUT2D eigenvalue weighted by Gasteiger charge is 2.34. The van der Waals surface area contributed by atoms with Crippen molar-refractivity contribution >= 4 is 40.1 Å². The second kappa shape index (κ2) is 6.85. The van der Waals surface area contributed by atoms with Crippen LogP contribution in [0.2, 0.25) is 0 Å². The fraction of sp³-hybridized carbons (Fsp3) is 0.357. The van der Waals surface area contributed by atoms with Gasteiger partial charge in [-0.2, -0.15) is 0 Å². The maximum absolute atomic E-state index is 12.1. The number of thiocarbonyl (C=S) groups is 1. The molecular formula is C14H16N2O2S2. The molecule has 6 heteroatoms. The lowest BCUT2D eigenvalue weighted by molar-refractivity contribution is 0.0653. The highest BCUT2D eigenvalue weighted by molar-refractivity contribution is 8.22. The summed E-state index contributed by atoms with van der Waals surface area (Å²) in [4.78, 5) is 25.5. The number of carbonyl (C=O) groups excluding carboxylic acids is 2. The molecule has 106 valence electrons. The molecule has 0 aliphatic carbocycles. The van der Waals surface area contributed by atoms with Crippen LogP contribution in [0.3, 0.4) is 0 Å². The predicted octanol–water partition coefficient (Wildman–Crippen LogP) is 2.30. The largest absolute Gasteiger partial charge is 0.371 e. The van der Waals surface area contributed by atoms with E-state index in [1.54, 1.807) is 36.0 Å². The van der Waals surface area contributed by atoms with Gasteiger partial charge in [-0.3, -0.25) is 14.5 Å². The van der Waals surface area contributed by atoms with Crippen molar-refractivity contribution in [3.63, 3.8) is 0 Å². The van der Waals surface area contributed by atoms with Gasteiger partial charge in [0, 0.05) is 13.1 Å². The number of thioether (sulfide) groups is 1. The minimum absolute atomic E-state index is 0.198. The Morgan fingerprint density at radius 2 is 1.85 bits per heavy atom. The van der Waals surface area contributed by atoms with Crippen LogP contribution in [-0.2, 0) is 0 Å². The first-order valence-corrected chi connectivity index (χ1v) is 7.90. The lowest BCUT2D eigenvalue weighted by atomic mass is 10.1. The second-order valence-electron chi connectivity index (χ2n) is 4.31. The Morgan fingerprint density at radius 3 is 2.40 bits per heavy atom. The van der Waals surface area contributed by atoms with Gasteiger partial charge in [-0.1, -0.05) is 43.0 Å². The Bertz CT molecular complexity index is 511. The number of nitrogens with zero attached hydrogens (tertiary/aromatic N) is 1. The van der Waals surface area contributed by atoms with Gasteiger partial charge in [-0.15, -0.1) is 0 Å². The third kappa shape index (κ3) is 3.19. The molecule has 0 bridgehead atoms. The third-order valence-corrected chi connectivity index (χ3v) is 4.17. The summed E-state index contributed by atoms with van der Waals surface area (Å²) < 4.78 is 0.759. The molecule has 1 aromatic carbocycles. The Morgan fingerprint density at radius 1 is 1.25 bits per heavy atom. The van der Waals surface area contributed by atoms with E-state index in [2.05, 4.69) is 5.32 Å².